The molecule has 114 valence electrons. The van der Waals surface area contributed by atoms with E-state index in [9.17, 15) is 0 Å². The second-order valence-electron chi connectivity index (χ2n) is 4.98. The van der Waals surface area contributed by atoms with Crippen LogP contribution in [0.3, 0.4) is 0 Å². The van der Waals surface area contributed by atoms with Crippen LogP contribution in [-0.2, 0) is 6.61 Å². The number of ether oxygens (including phenoxy) is 1. The number of thiophene rings is 1. The molecule has 0 saturated heterocycles. The number of rotatable bonds is 8. The molecular formula is C17H22ClNOS. The first-order chi connectivity index (χ1) is 10.2. The highest BCUT2D eigenvalue weighted by atomic mass is 35.5. The lowest BCUT2D eigenvalue weighted by atomic mass is 10.0. The SMILES string of the molecule is CCCNC(CC)c1ccc(OCc2ccc(Cl)s2)cc1. The highest BCUT2D eigenvalue weighted by Gasteiger charge is 2.08. The third-order valence-electron chi connectivity index (χ3n) is 3.34. The van der Waals surface area contributed by atoms with Gasteiger partial charge in [-0.1, -0.05) is 37.6 Å². The van der Waals surface area contributed by atoms with Gasteiger partial charge in [-0.2, -0.15) is 0 Å². The number of nitrogens with one attached hydrogen (secondary N) is 1. The van der Waals surface area contributed by atoms with Crippen LogP contribution < -0.4 is 10.1 Å². The van der Waals surface area contributed by atoms with E-state index in [-0.39, 0.29) is 0 Å². The molecule has 0 radical (unpaired) electrons. The van der Waals surface area contributed by atoms with E-state index >= 15 is 0 Å². The minimum atomic E-state index is 0.426. The fourth-order valence-electron chi connectivity index (χ4n) is 2.20. The van der Waals surface area contributed by atoms with E-state index in [4.69, 9.17) is 16.3 Å². The lowest BCUT2D eigenvalue weighted by molar-refractivity contribution is 0.309. The predicted molar refractivity (Wildman–Crippen MR) is 91.4 cm³/mol. The third-order valence-corrected chi connectivity index (χ3v) is 4.55. The Kier molecular flexibility index (Phi) is 6.55. The zero-order valence-corrected chi connectivity index (χ0v) is 14.1. The number of benzene rings is 1. The fourth-order valence-corrected chi connectivity index (χ4v) is 3.20. The van der Waals surface area contributed by atoms with E-state index in [0.717, 1.165) is 34.3 Å². The normalized spacial score (nSPS) is 12.3. The van der Waals surface area contributed by atoms with Gasteiger partial charge in [0.15, 0.2) is 0 Å². The zero-order chi connectivity index (χ0) is 15.1. The van der Waals surface area contributed by atoms with E-state index in [1.807, 2.05) is 24.3 Å². The van der Waals surface area contributed by atoms with Gasteiger partial charge in [-0.3, -0.25) is 0 Å². The monoisotopic (exact) mass is 323 g/mol. The molecule has 2 aromatic rings. The molecule has 1 atom stereocenters. The van der Waals surface area contributed by atoms with Crippen molar-refractivity contribution in [1.29, 1.82) is 0 Å². The molecule has 0 saturated carbocycles. The average Bonchev–Trinajstić information content (AvgIpc) is 2.93. The molecule has 1 aromatic carbocycles. The highest BCUT2D eigenvalue weighted by molar-refractivity contribution is 7.16. The Bertz CT molecular complexity index is 538. The lowest BCUT2D eigenvalue weighted by Crippen LogP contribution is -2.21. The first kappa shape index (κ1) is 16.3. The van der Waals surface area contributed by atoms with Gasteiger partial charge < -0.3 is 10.1 Å². The third kappa shape index (κ3) is 5.03. The first-order valence-corrected chi connectivity index (χ1v) is 8.62. The van der Waals surface area contributed by atoms with Crippen LogP contribution in [0.1, 0.15) is 43.2 Å². The minimum Gasteiger partial charge on any atom is -0.488 e. The lowest BCUT2D eigenvalue weighted by Gasteiger charge is -2.17. The van der Waals surface area contributed by atoms with Gasteiger partial charge in [-0.25, -0.2) is 0 Å². The molecule has 0 bridgehead atoms. The van der Waals surface area contributed by atoms with Gasteiger partial charge in [0.2, 0.25) is 0 Å². The largest absolute Gasteiger partial charge is 0.488 e. The molecule has 1 N–H and O–H groups in total. The molecule has 1 aromatic heterocycles. The van der Waals surface area contributed by atoms with Crippen LogP contribution in [0.15, 0.2) is 36.4 Å². The molecule has 0 aliphatic heterocycles. The first-order valence-electron chi connectivity index (χ1n) is 7.43. The van der Waals surface area contributed by atoms with E-state index in [0.29, 0.717) is 12.6 Å². The molecule has 2 rings (SSSR count). The maximum absolute atomic E-state index is 5.91. The summed E-state index contributed by atoms with van der Waals surface area (Å²) < 4.78 is 6.59. The second kappa shape index (κ2) is 8.42. The quantitative estimate of drug-likeness (QED) is 0.699. The molecule has 0 fully saturated rings. The zero-order valence-electron chi connectivity index (χ0n) is 12.6. The van der Waals surface area contributed by atoms with E-state index in [1.165, 1.54) is 5.56 Å². The molecule has 2 nitrogen and oxygen atoms in total. The van der Waals surface area contributed by atoms with Gasteiger partial charge in [0.25, 0.3) is 0 Å². The molecule has 0 spiro atoms. The average molecular weight is 324 g/mol. The van der Waals surface area contributed by atoms with Gasteiger partial charge >= 0.3 is 0 Å². The highest BCUT2D eigenvalue weighted by Crippen LogP contribution is 2.24. The van der Waals surface area contributed by atoms with Crippen molar-refractivity contribution < 1.29 is 4.74 Å². The van der Waals surface area contributed by atoms with Crippen molar-refractivity contribution in [3.05, 3.63) is 51.2 Å². The Morgan fingerprint density at radius 3 is 2.48 bits per heavy atom. The molecule has 1 unspecified atom stereocenters. The summed E-state index contributed by atoms with van der Waals surface area (Å²) in [5.74, 6) is 0.897. The molecule has 21 heavy (non-hydrogen) atoms. The van der Waals surface area contributed by atoms with Crippen LogP contribution in [0.5, 0.6) is 5.75 Å². The van der Waals surface area contributed by atoms with Gasteiger partial charge in [0, 0.05) is 10.9 Å². The fraction of sp³-hybridized carbons (Fsp3) is 0.412. The standard InChI is InChI=1S/C17H22ClNOS/c1-3-11-19-16(4-2)13-5-7-14(8-6-13)20-12-15-9-10-17(18)21-15/h5-10,16,19H,3-4,11-12H2,1-2H3. The van der Waals surface area contributed by atoms with Gasteiger partial charge in [-0.05, 0) is 49.2 Å². The molecular weight excluding hydrogens is 302 g/mol. The van der Waals surface area contributed by atoms with Crippen molar-refractivity contribution in [3.8, 4) is 5.75 Å². The van der Waals surface area contributed by atoms with E-state index in [1.54, 1.807) is 11.3 Å². The van der Waals surface area contributed by atoms with Crippen molar-refractivity contribution in [2.75, 3.05) is 6.54 Å². The summed E-state index contributed by atoms with van der Waals surface area (Å²) >= 11 is 7.47. The summed E-state index contributed by atoms with van der Waals surface area (Å²) in [6.07, 6.45) is 2.25. The number of halogens is 1. The second-order valence-corrected chi connectivity index (χ2v) is 6.78. The summed E-state index contributed by atoms with van der Waals surface area (Å²) in [6.45, 7) is 6.02. The Balaban J connectivity index is 1.91. The van der Waals surface area contributed by atoms with Gasteiger partial charge in [0.1, 0.15) is 12.4 Å². The Labute approximate surface area is 136 Å². The van der Waals surface area contributed by atoms with Crippen molar-refractivity contribution in [3.63, 3.8) is 0 Å². The number of hydrogen-bond acceptors (Lipinski definition) is 3. The smallest absolute Gasteiger partial charge is 0.122 e. The molecule has 1 heterocycles. The molecule has 0 amide bonds. The summed E-state index contributed by atoms with van der Waals surface area (Å²) in [7, 11) is 0. The van der Waals surface area contributed by atoms with Crippen molar-refractivity contribution in [2.45, 2.75) is 39.3 Å². The predicted octanol–water partition coefficient (Wildman–Crippen LogP) is 5.43. The molecule has 0 aliphatic rings. The van der Waals surface area contributed by atoms with Crippen LogP contribution in [-0.4, -0.2) is 6.54 Å². The van der Waals surface area contributed by atoms with Crippen LogP contribution >= 0.6 is 22.9 Å². The topological polar surface area (TPSA) is 21.3 Å². The summed E-state index contributed by atoms with van der Waals surface area (Å²) in [4.78, 5) is 1.14. The van der Waals surface area contributed by atoms with Crippen molar-refractivity contribution >= 4 is 22.9 Å². The van der Waals surface area contributed by atoms with Crippen LogP contribution in [0, 0.1) is 0 Å². The maximum atomic E-state index is 5.91. The van der Waals surface area contributed by atoms with Gasteiger partial charge in [0.05, 0.1) is 4.34 Å². The maximum Gasteiger partial charge on any atom is 0.122 e. The minimum absolute atomic E-state index is 0.426. The summed E-state index contributed by atoms with van der Waals surface area (Å²) in [5, 5.41) is 3.56. The summed E-state index contributed by atoms with van der Waals surface area (Å²) in [6, 6.07) is 12.7. The molecule has 0 aliphatic carbocycles. The Morgan fingerprint density at radius 1 is 1.14 bits per heavy atom. The van der Waals surface area contributed by atoms with Gasteiger partial charge in [-0.15, -0.1) is 11.3 Å². The van der Waals surface area contributed by atoms with E-state index < -0.39 is 0 Å². The van der Waals surface area contributed by atoms with Crippen LogP contribution in [0.25, 0.3) is 0 Å². The van der Waals surface area contributed by atoms with E-state index in [2.05, 4.69) is 31.3 Å². The van der Waals surface area contributed by atoms with Crippen molar-refractivity contribution in [2.24, 2.45) is 0 Å². The summed E-state index contributed by atoms with van der Waals surface area (Å²) in [5.41, 5.74) is 1.32. The van der Waals surface area contributed by atoms with Crippen molar-refractivity contribution in [1.82, 2.24) is 5.32 Å². The van der Waals surface area contributed by atoms with Crippen LogP contribution in [0.2, 0.25) is 4.34 Å². The number of hydrogen-bond donors (Lipinski definition) is 1. The van der Waals surface area contributed by atoms with Crippen LogP contribution in [0.4, 0.5) is 0 Å². The Hall–Kier alpha value is -1.03. The molecule has 4 heteroatoms. The Morgan fingerprint density at radius 2 is 1.90 bits per heavy atom.